The molecule has 210 valence electrons. The molecule has 9 nitrogen and oxygen atoms in total. The molecule has 0 aliphatic heterocycles. The van der Waals surface area contributed by atoms with E-state index in [2.05, 4.69) is 26.6 Å². The number of thiazole rings is 1. The van der Waals surface area contributed by atoms with Crippen LogP contribution in [0.15, 0.2) is 96.9 Å². The minimum atomic E-state index is -0.460. The minimum Gasteiger partial charge on any atom is -0.455 e. The monoisotopic (exact) mass is 568 g/mol. The lowest BCUT2D eigenvalue weighted by Gasteiger charge is -2.21. The average molecular weight is 569 g/mol. The molecule has 5 aromatic rings. The van der Waals surface area contributed by atoms with Gasteiger partial charge in [0.05, 0.1) is 12.0 Å². The zero-order chi connectivity index (χ0) is 28.4. The van der Waals surface area contributed by atoms with Crippen LogP contribution in [0.2, 0.25) is 0 Å². The first-order valence-corrected chi connectivity index (χ1v) is 14.3. The van der Waals surface area contributed by atoms with E-state index in [0.717, 1.165) is 54.1 Å². The summed E-state index contributed by atoms with van der Waals surface area (Å²) in [6, 6.07) is 19.0. The molecule has 0 bridgehead atoms. The molecule has 0 aliphatic rings. The number of nitrogens with two attached hydrogens (primary N) is 1. The zero-order valence-corrected chi connectivity index (χ0v) is 23.6. The molecular formula is C31H32N6O3S. The number of aromatic nitrogens is 4. The number of rotatable bonds is 13. The standard InChI is InChI=1S/C31H32N6O3S/c1-2-3-6-28(40-26-13-9-23(10-14-26)30(32)36-38)39-25-11-7-22(8-12-25)29-27(15-18-37-19-17-34-21-37)41-31(35-29)24-5-4-16-33-20-24/h4-5,7-14,16-17,19-21,28,38H,2-3,6,15,18H2,1H3,(H2,32,36). The van der Waals surface area contributed by atoms with E-state index < -0.39 is 6.29 Å². The first kappa shape index (κ1) is 27.9. The van der Waals surface area contributed by atoms with Gasteiger partial charge in [-0.15, -0.1) is 11.3 Å². The number of hydrogen-bond acceptors (Lipinski definition) is 8. The second-order valence-electron chi connectivity index (χ2n) is 9.42. The SMILES string of the molecule is CCCCC(Oc1ccc(C(N)=NO)cc1)Oc1ccc(-c2nc(-c3cccnc3)sc2CCn2ccnc2)cc1. The minimum absolute atomic E-state index is 0.0491. The number of hydrogen-bond donors (Lipinski definition) is 2. The number of oxime groups is 1. The molecule has 0 amide bonds. The van der Waals surface area contributed by atoms with Gasteiger partial charge in [-0.05, 0) is 67.1 Å². The van der Waals surface area contributed by atoms with Crippen LogP contribution in [0.1, 0.15) is 36.6 Å². The molecule has 0 spiro atoms. The summed E-state index contributed by atoms with van der Waals surface area (Å²) in [5, 5.41) is 12.9. The molecule has 3 N–H and O–H groups in total. The number of ether oxygens (including phenoxy) is 2. The summed E-state index contributed by atoms with van der Waals surface area (Å²) in [5.41, 5.74) is 9.27. The van der Waals surface area contributed by atoms with Crippen molar-refractivity contribution in [2.45, 2.75) is 45.4 Å². The van der Waals surface area contributed by atoms with Crippen LogP contribution >= 0.6 is 11.3 Å². The lowest BCUT2D eigenvalue weighted by atomic mass is 10.1. The van der Waals surface area contributed by atoms with Gasteiger partial charge in [-0.3, -0.25) is 4.98 Å². The van der Waals surface area contributed by atoms with Crippen molar-refractivity contribution >= 4 is 17.2 Å². The van der Waals surface area contributed by atoms with Gasteiger partial charge in [-0.2, -0.15) is 0 Å². The number of benzene rings is 2. The molecule has 1 unspecified atom stereocenters. The first-order valence-electron chi connectivity index (χ1n) is 13.5. The van der Waals surface area contributed by atoms with Gasteiger partial charge >= 0.3 is 0 Å². The van der Waals surface area contributed by atoms with E-state index in [1.807, 2.05) is 55.1 Å². The number of amidine groups is 1. The predicted octanol–water partition coefficient (Wildman–Crippen LogP) is 6.38. The molecule has 0 aliphatic carbocycles. The van der Waals surface area contributed by atoms with Gasteiger partial charge in [0.25, 0.3) is 0 Å². The highest BCUT2D eigenvalue weighted by molar-refractivity contribution is 7.15. The molecule has 2 aromatic carbocycles. The Labute approximate surface area is 243 Å². The maximum absolute atomic E-state index is 8.89. The lowest BCUT2D eigenvalue weighted by molar-refractivity contribution is -0.00211. The first-order chi connectivity index (χ1) is 20.1. The number of pyridine rings is 1. The van der Waals surface area contributed by atoms with E-state index >= 15 is 0 Å². The number of unbranched alkanes of at least 4 members (excludes halogenated alkanes) is 1. The molecular weight excluding hydrogens is 536 g/mol. The zero-order valence-electron chi connectivity index (χ0n) is 22.8. The van der Waals surface area contributed by atoms with Crippen molar-refractivity contribution in [3.05, 3.63) is 102 Å². The van der Waals surface area contributed by atoms with E-state index in [9.17, 15) is 0 Å². The van der Waals surface area contributed by atoms with Crippen molar-refractivity contribution in [2.75, 3.05) is 0 Å². The molecule has 1 atom stereocenters. The topological polar surface area (TPSA) is 121 Å². The van der Waals surface area contributed by atoms with Crippen molar-refractivity contribution in [1.29, 1.82) is 0 Å². The van der Waals surface area contributed by atoms with Crippen LogP contribution in [0.25, 0.3) is 21.8 Å². The Hall–Kier alpha value is -4.70. The van der Waals surface area contributed by atoms with Crippen LogP contribution in [-0.4, -0.2) is 36.9 Å². The third kappa shape index (κ3) is 7.29. The molecule has 0 radical (unpaired) electrons. The fourth-order valence-electron chi connectivity index (χ4n) is 4.28. The quantitative estimate of drug-likeness (QED) is 0.0556. The van der Waals surface area contributed by atoms with Crippen LogP contribution in [0, 0.1) is 0 Å². The van der Waals surface area contributed by atoms with Crippen molar-refractivity contribution in [2.24, 2.45) is 10.9 Å². The van der Waals surface area contributed by atoms with E-state index in [1.54, 1.807) is 48.0 Å². The van der Waals surface area contributed by atoms with Crippen LogP contribution in [-0.2, 0) is 13.0 Å². The fraction of sp³-hybridized carbons (Fsp3) is 0.226. The summed E-state index contributed by atoms with van der Waals surface area (Å²) in [4.78, 5) is 14.6. The van der Waals surface area contributed by atoms with E-state index in [0.29, 0.717) is 17.1 Å². The molecule has 0 saturated heterocycles. The van der Waals surface area contributed by atoms with Crippen LogP contribution in [0.4, 0.5) is 0 Å². The molecule has 3 heterocycles. The Morgan fingerprint density at radius 1 is 1.00 bits per heavy atom. The molecule has 10 heteroatoms. The highest BCUT2D eigenvalue weighted by atomic mass is 32.1. The van der Waals surface area contributed by atoms with Crippen molar-refractivity contribution in [1.82, 2.24) is 19.5 Å². The molecule has 0 saturated carbocycles. The highest BCUT2D eigenvalue weighted by Gasteiger charge is 2.17. The Morgan fingerprint density at radius 3 is 2.39 bits per heavy atom. The molecule has 41 heavy (non-hydrogen) atoms. The summed E-state index contributed by atoms with van der Waals surface area (Å²) < 4.78 is 14.5. The van der Waals surface area contributed by atoms with Crippen LogP contribution in [0.3, 0.4) is 0 Å². The largest absolute Gasteiger partial charge is 0.455 e. The van der Waals surface area contributed by atoms with Gasteiger partial charge in [0, 0.05) is 65.7 Å². The lowest BCUT2D eigenvalue weighted by Crippen LogP contribution is -2.24. The summed E-state index contributed by atoms with van der Waals surface area (Å²) >= 11 is 1.69. The third-order valence-electron chi connectivity index (χ3n) is 6.48. The number of aryl methyl sites for hydroxylation is 2. The second kappa shape index (κ2) is 13.6. The van der Waals surface area contributed by atoms with Gasteiger partial charge in [-0.1, -0.05) is 18.5 Å². The van der Waals surface area contributed by atoms with E-state index in [4.69, 9.17) is 25.4 Å². The second-order valence-corrected chi connectivity index (χ2v) is 10.5. The third-order valence-corrected chi connectivity index (χ3v) is 7.64. The highest BCUT2D eigenvalue weighted by Crippen LogP contribution is 2.35. The number of imidazole rings is 1. The van der Waals surface area contributed by atoms with Gasteiger partial charge in [0.2, 0.25) is 6.29 Å². The smallest absolute Gasteiger partial charge is 0.241 e. The van der Waals surface area contributed by atoms with Crippen molar-refractivity contribution in [3.63, 3.8) is 0 Å². The summed E-state index contributed by atoms with van der Waals surface area (Å²) in [6.45, 7) is 2.95. The normalized spacial score (nSPS) is 12.3. The average Bonchev–Trinajstić information content (AvgIpc) is 3.70. The fourth-order valence-corrected chi connectivity index (χ4v) is 5.34. The Balaban J connectivity index is 1.33. The molecule has 5 rings (SSSR count). The van der Waals surface area contributed by atoms with E-state index in [-0.39, 0.29) is 5.84 Å². The van der Waals surface area contributed by atoms with Crippen molar-refractivity contribution in [3.8, 4) is 33.3 Å². The van der Waals surface area contributed by atoms with Gasteiger partial charge in [0.15, 0.2) is 5.84 Å². The van der Waals surface area contributed by atoms with Crippen molar-refractivity contribution < 1.29 is 14.7 Å². The Bertz CT molecular complexity index is 1540. The van der Waals surface area contributed by atoms with E-state index in [1.165, 1.54) is 4.88 Å². The molecule has 0 fully saturated rings. The summed E-state index contributed by atoms with van der Waals surface area (Å²) in [6.07, 6.45) is 12.3. The maximum Gasteiger partial charge on any atom is 0.241 e. The van der Waals surface area contributed by atoms with Gasteiger partial charge < -0.3 is 25.0 Å². The van der Waals surface area contributed by atoms with Gasteiger partial charge in [-0.25, -0.2) is 9.97 Å². The Morgan fingerprint density at radius 2 is 1.76 bits per heavy atom. The van der Waals surface area contributed by atoms with Crippen LogP contribution in [0.5, 0.6) is 11.5 Å². The summed E-state index contributed by atoms with van der Waals surface area (Å²) in [5.74, 6) is 1.41. The van der Waals surface area contributed by atoms with Crippen LogP contribution < -0.4 is 15.2 Å². The maximum atomic E-state index is 8.89. The van der Waals surface area contributed by atoms with Gasteiger partial charge in [0.1, 0.15) is 16.5 Å². The number of nitrogens with zero attached hydrogens (tertiary/aromatic N) is 5. The molecule has 3 aromatic heterocycles. The summed E-state index contributed by atoms with van der Waals surface area (Å²) in [7, 11) is 0. The predicted molar refractivity (Wildman–Crippen MR) is 160 cm³/mol. The Kier molecular flexibility index (Phi) is 9.23.